The molecular weight excluding hydrogens is 288 g/mol. The normalized spacial score (nSPS) is 19.4. The highest BCUT2D eigenvalue weighted by atomic mass is 32.2. The van der Waals surface area contributed by atoms with Crippen LogP contribution in [0.25, 0.3) is 0 Å². The van der Waals surface area contributed by atoms with Crippen LogP contribution >= 0.6 is 0 Å². The van der Waals surface area contributed by atoms with Crippen LogP contribution in [-0.2, 0) is 10.0 Å². The number of nitrogens with zero attached hydrogens (tertiary/aromatic N) is 1. The van der Waals surface area contributed by atoms with Crippen molar-refractivity contribution < 1.29 is 13.2 Å². The fourth-order valence-electron chi connectivity index (χ4n) is 2.51. The number of nitrogen functional groups attached to an aromatic ring is 1. The van der Waals surface area contributed by atoms with E-state index in [2.05, 4.69) is 13.8 Å². The number of hydrogen-bond donors (Lipinski definition) is 1. The summed E-state index contributed by atoms with van der Waals surface area (Å²) >= 11 is 0. The lowest BCUT2D eigenvalue weighted by Gasteiger charge is -2.36. The Kier molecular flexibility index (Phi) is 4.22. The molecule has 2 rings (SSSR count). The quantitative estimate of drug-likeness (QED) is 0.870. The summed E-state index contributed by atoms with van der Waals surface area (Å²) in [4.78, 5) is 0.160. The molecular formula is C15H24N2O3S. The van der Waals surface area contributed by atoms with Gasteiger partial charge in [0.25, 0.3) is 0 Å². The van der Waals surface area contributed by atoms with Crippen LogP contribution in [0.5, 0.6) is 5.75 Å². The van der Waals surface area contributed by atoms with E-state index in [1.54, 1.807) is 6.07 Å². The summed E-state index contributed by atoms with van der Waals surface area (Å²) in [6, 6.07) is 3.18. The van der Waals surface area contributed by atoms with Crippen molar-refractivity contribution in [3.8, 4) is 5.75 Å². The van der Waals surface area contributed by atoms with Crippen LogP contribution in [0.15, 0.2) is 17.0 Å². The first-order valence-electron chi connectivity index (χ1n) is 7.12. The lowest BCUT2D eigenvalue weighted by Crippen LogP contribution is -2.41. The van der Waals surface area contributed by atoms with Gasteiger partial charge >= 0.3 is 0 Å². The molecule has 0 spiro atoms. The minimum absolute atomic E-state index is 0.160. The number of ether oxygens (including phenoxy) is 1. The van der Waals surface area contributed by atoms with Crippen molar-refractivity contribution in [2.24, 2.45) is 5.41 Å². The molecule has 6 heteroatoms. The lowest BCUT2D eigenvalue weighted by molar-refractivity contribution is 0.195. The fraction of sp³-hybridized carbons (Fsp3) is 0.600. The van der Waals surface area contributed by atoms with Gasteiger partial charge in [-0.2, -0.15) is 4.31 Å². The summed E-state index contributed by atoms with van der Waals surface area (Å²) < 4.78 is 32.4. The maximum absolute atomic E-state index is 12.8. The Bertz CT molecular complexity index is 629. The van der Waals surface area contributed by atoms with Crippen LogP contribution in [0.3, 0.4) is 0 Å². The van der Waals surface area contributed by atoms with Crippen molar-refractivity contribution in [1.29, 1.82) is 0 Å². The molecule has 2 N–H and O–H groups in total. The van der Waals surface area contributed by atoms with E-state index < -0.39 is 10.0 Å². The van der Waals surface area contributed by atoms with Crippen molar-refractivity contribution in [3.05, 3.63) is 17.7 Å². The first kappa shape index (κ1) is 16.1. The Labute approximate surface area is 127 Å². The second kappa shape index (κ2) is 5.50. The molecule has 0 saturated carbocycles. The zero-order valence-electron chi connectivity index (χ0n) is 13.1. The van der Waals surface area contributed by atoms with Crippen LogP contribution in [0.4, 0.5) is 5.69 Å². The minimum Gasteiger partial charge on any atom is -0.495 e. The van der Waals surface area contributed by atoms with E-state index in [0.29, 0.717) is 24.5 Å². The molecule has 0 radical (unpaired) electrons. The third-order valence-corrected chi connectivity index (χ3v) is 6.17. The summed E-state index contributed by atoms with van der Waals surface area (Å²) in [5.74, 6) is 0.353. The summed E-state index contributed by atoms with van der Waals surface area (Å²) in [6.07, 6.45) is 1.71. The van der Waals surface area contributed by atoms with Crippen LogP contribution in [0.1, 0.15) is 32.3 Å². The molecule has 0 amide bonds. The predicted molar refractivity (Wildman–Crippen MR) is 83.9 cm³/mol. The van der Waals surface area contributed by atoms with E-state index in [4.69, 9.17) is 10.5 Å². The van der Waals surface area contributed by atoms with E-state index >= 15 is 0 Å². The van der Waals surface area contributed by atoms with Crippen LogP contribution in [0.2, 0.25) is 0 Å². The first-order chi connectivity index (χ1) is 9.67. The molecule has 1 saturated heterocycles. The zero-order chi connectivity index (χ0) is 15.8. The molecule has 1 heterocycles. The zero-order valence-corrected chi connectivity index (χ0v) is 14.0. The van der Waals surface area contributed by atoms with Gasteiger partial charge in [-0.3, -0.25) is 0 Å². The molecule has 0 bridgehead atoms. The number of sulfonamides is 1. The molecule has 21 heavy (non-hydrogen) atoms. The average Bonchev–Trinajstić information content (AvgIpc) is 2.40. The molecule has 1 aromatic carbocycles. The van der Waals surface area contributed by atoms with E-state index in [9.17, 15) is 8.42 Å². The molecule has 0 atom stereocenters. The second-order valence-corrected chi connectivity index (χ2v) is 8.33. The van der Waals surface area contributed by atoms with Gasteiger partial charge in [-0.1, -0.05) is 13.8 Å². The number of anilines is 1. The van der Waals surface area contributed by atoms with Crippen LogP contribution in [0, 0.1) is 12.3 Å². The molecule has 1 aliphatic rings. The van der Waals surface area contributed by atoms with Gasteiger partial charge in [0.15, 0.2) is 0 Å². The standard InChI is InChI=1S/C15H24N2O3S/c1-11-9-13(20-4)14(10-12(11)16)21(18,19)17-7-5-15(2,3)6-8-17/h9-10H,5-8,16H2,1-4H3. The molecule has 1 fully saturated rings. The van der Waals surface area contributed by atoms with Crippen LogP contribution < -0.4 is 10.5 Å². The molecule has 118 valence electrons. The monoisotopic (exact) mass is 312 g/mol. The van der Waals surface area contributed by atoms with E-state index in [1.165, 1.54) is 17.5 Å². The molecule has 0 aliphatic carbocycles. The van der Waals surface area contributed by atoms with Gasteiger partial charge in [-0.15, -0.1) is 0 Å². The number of rotatable bonds is 3. The lowest BCUT2D eigenvalue weighted by atomic mass is 9.83. The largest absolute Gasteiger partial charge is 0.495 e. The third kappa shape index (κ3) is 3.16. The van der Waals surface area contributed by atoms with Gasteiger partial charge in [0.05, 0.1) is 7.11 Å². The molecule has 0 aromatic heterocycles. The van der Waals surface area contributed by atoms with Gasteiger partial charge in [-0.05, 0) is 42.9 Å². The summed E-state index contributed by atoms with van der Waals surface area (Å²) in [5, 5.41) is 0. The summed E-state index contributed by atoms with van der Waals surface area (Å²) in [6.45, 7) is 7.24. The highest BCUT2D eigenvalue weighted by Gasteiger charge is 2.34. The predicted octanol–water partition coefficient (Wildman–Crippen LogP) is 2.40. The molecule has 5 nitrogen and oxygen atoms in total. The minimum atomic E-state index is -3.57. The van der Waals surface area contributed by atoms with E-state index in [0.717, 1.165) is 18.4 Å². The first-order valence-corrected chi connectivity index (χ1v) is 8.56. The topological polar surface area (TPSA) is 72.6 Å². The SMILES string of the molecule is COc1cc(C)c(N)cc1S(=O)(=O)N1CCC(C)(C)CC1. The maximum Gasteiger partial charge on any atom is 0.246 e. The second-order valence-electron chi connectivity index (χ2n) is 6.43. The van der Waals surface area contributed by atoms with Gasteiger partial charge < -0.3 is 10.5 Å². The summed E-state index contributed by atoms with van der Waals surface area (Å²) in [5.41, 5.74) is 7.35. The van der Waals surface area contributed by atoms with Gasteiger partial charge in [0, 0.05) is 18.8 Å². The van der Waals surface area contributed by atoms with Crippen molar-refractivity contribution in [2.45, 2.75) is 38.5 Å². The Balaban J connectivity index is 2.39. The number of piperidine rings is 1. The number of methoxy groups -OCH3 is 1. The van der Waals surface area contributed by atoms with Gasteiger partial charge in [0.2, 0.25) is 10.0 Å². The van der Waals surface area contributed by atoms with Crippen LogP contribution in [-0.4, -0.2) is 32.9 Å². The Morgan fingerprint density at radius 3 is 2.33 bits per heavy atom. The van der Waals surface area contributed by atoms with Crippen molar-refractivity contribution in [1.82, 2.24) is 4.31 Å². The maximum atomic E-state index is 12.8. The Hall–Kier alpha value is -1.27. The number of benzene rings is 1. The Morgan fingerprint density at radius 1 is 1.24 bits per heavy atom. The summed E-state index contributed by atoms with van der Waals surface area (Å²) in [7, 11) is -2.09. The molecule has 1 aromatic rings. The molecule has 0 unspecified atom stereocenters. The van der Waals surface area contributed by atoms with Crippen molar-refractivity contribution >= 4 is 15.7 Å². The Morgan fingerprint density at radius 2 is 1.81 bits per heavy atom. The molecule has 1 aliphatic heterocycles. The van der Waals surface area contributed by atoms with E-state index in [1.807, 2.05) is 6.92 Å². The van der Waals surface area contributed by atoms with Crippen molar-refractivity contribution in [2.75, 3.05) is 25.9 Å². The highest BCUT2D eigenvalue weighted by molar-refractivity contribution is 7.89. The fourth-order valence-corrected chi connectivity index (χ4v) is 4.12. The van der Waals surface area contributed by atoms with Crippen molar-refractivity contribution in [3.63, 3.8) is 0 Å². The average molecular weight is 312 g/mol. The number of nitrogens with two attached hydrogens (primary N) is 1. The van der Waals surface area contributed by atoms with Gasteiger partial charge in [-0.25, -0.2) is 8.42 Å². The number of hydrogen-bond acceptors (Lipinski definition) is 4. The van der Waals surface area contributed by atoms with E-state index in [-0.39, 0.29) is 10.3 Å². The third-order valence-electron chi connectivity index (χ3n) is 4.25. The van der Waals surface area contributed by atoms with Gasteiger partial charge in [0.1, 0.15) is 10.6 Å². The highest BCUT2D eigenvalue weighted by Crippen LogP contribution is 2.35. The number of aryl methyl sites for hydroxylation is 1. The smallest absolute Gasteiger partial charge is 0.246 e.